The number of aryl methyl sites for hydroxylation is 1. The van der Waals surface area contributed by atoms with Gasteiger partial charge in [0.2, 0.25) is 5.95 Å². The smallest absolute Gasteiger partial charge is 0.410 e. The van der Waals surface area contributed by atoms with Crippen LogP contribution in [0.2, 0.25) is 0 Å². The van der Waals surface area contributed by atoms with Gasteiger partial charge in [-0.05, 0) is 34.5 Å². The summed E-state index contributed by atoms with van der Waals surface area (Å²) >= 11 is 3.26. The predicted octanol–water partition coefficient (Wildman–Crippen LogP) is 3.74. The van der Waals surface area contributed by atoms with Gasteiger partial charge in [-0.2, -0.15) is 4.98 Å². The van der Waals surface area contributed by atoms with Crippen LogP contribution in [-0.4, -0.2) is 50.8 Å². The summed E-state index contributed by atoms with van der Waals surface area (Å²) in [5.41, 5.74) is 1.17. The van der Waals surface area contributed by atoms with Crippen LogP contribution in [0.25, 0.3) is 11.0 Å². The Balaban J connectivity index is 1.46. The fourth-order valence-corrected chi connectivity index (χ4v) is 4.23. The van der Waals surface area contributed by atoms with Gasteiger partial charge in [0.1, 0.15) is 18.4 Å². The largest absolute Gasteiger partial charge is 0.445 e. The molecule has 1 aliphatic rings. The molecule has 32 heavy (non-hydrogen) atoms. The molecule has 0 aliphatic carbocycles. The molecule has 10 heteroatoms. The Morgan fingerprint density at radius 3 is 2.84 bits per heavy atom. The molecule has 1 N–H and O–H groups in total. The van der Waals surface area contributed by atoms with E-state index in [1.54, 1.807) is 16.8 Å². The van der Waals surface area contributed by atoms with Crippen LogP contribution in [-0.2, 0) is 17.9 Å². The molecule has 0 bridgehead atoms. The number of ether oxygens (including phenoxy) is 1. The SMILES string of the molecule is CCn1c(=O)c(Br)cc2cnc(N[C@H]3C[C@H](F)CN(C(=O)OCc4ccccc4)C3)nc21. The Morgan fingerprint density at radius 1 is 1.31 bits per heavy atom. The van der Waals surface area contributed by atoms with E-state index in [9.17, 15) is 14.0 Å². The molecule has 3 heterocycles. The van der Waals surface area contributed by atoms with Gasteiger partial charge in [0.25, 0.3) is 5.56 Å². The highest BCUT2D eigenvalue weighted by atomic mass is 79.9. The van der Waals surface area contributed by atoms with Gasteiger partial charge in [0, 0.05) is 37.1 Å². The minimum Gasteiger partial charge on any atom is -0.445 e. The van der Waals surface area contributed by atoms with Crippen molar-refractivity contribution in [3.05, 3.63) is 63.0 Å². The summed E-state index contributed by atoms with van der Waals surface area (Å²) in [5.74, 6) is 0.276. The number of aromatic nitrogens is 3. The second-order valence-electron chi connectivity index (χ2n) is 7.63. The highest BCUT2D eigenvalue weighted by Crippen LogP contribution is 2.20. The zero-order valence-electron chi connectivity index (χ0n) is 17.5. The maximum Gasteiger partial charge on any atom is 0.410 e. The third-order valence-electron chi connectivity index (χ3n) is 5.30. The van der Waals surface area contributed by atoms with E-state index in [1.165, 1.54) is 4.90 Å². The summed E-state index contributed by atoms with van der Waals surface area (Å²) in [6, 6.07) is 10.6. The summed E-state index contributed by atoms with van der Waals surface area (Å²) in [7, 11) is 0. The van der Waals surface area contributed by atoms with Crippen molar-refractivity contribution < 1.29 is 13.9 Å². The number of amides is 1. The number of nitrogens with one attached hydrogen (secondary N) is 1. The normalized spacial score (nSPS) is 18.5. The number of halogens is 2. The van der Waals surface area contributed by atoms with E-state index in [-0.39, 0.29) is 37.6 Å². The maximum atomic E-state index is 14.4. The number of piperidine rings is 1. The number of pyridine rings is 1. The lowest BCUT2D eigenvalue weighted by Gasteiger charge is -2.34. The summed E-state index contributed by atoms with van der Waals surface area (Å²) in [6.07, 6.45) is 0.0656. The van der Waals surface area contributed by atoms with Crippen LogP contribution in [0.5, 0.6) is 0 Å². The van der Waals surface area contributed by atoms with E-state index in [0.717, 1.165) is 5.56 Å². The molecular weight excluding hydrogens is 481 g/mol. The highest BCUT2D eigenvalue weighted by Gasteiger charge is 2.31. The number of rotatable bonds is 5. The molecule has 1 amide bonds. The van der Waals surface area contributed by atoms with E-state index in [2.05, 4.69) is 31.2 Å². The van der Waals surface area contributed by atoms with Gasteiger partial charge in [-0.3, -0.25) is 9.36 Å². The molecule has 2 aromatic heterocycles. The summed E-state index contributed by atoms with van der Waals surface area (Å²) in [4.78, 5) is 35.0. The molecule has 168 valence electrons. The summed E-state index contributed by atoms with van der Waals surface area (Å²) < 4.78 is 21.7. The fourth-order valence-electron chi connectivity index (χ4n) is 3.77. The number of benzene rings is 1. The van der Waals surface area contributed by atoms with Crippen molar-refractivity contribution >= 4 is 39.0 Å². The van der Waals surface area contributed by atoms with Gasteiger partial charge in [-0.15, -0.1) is 0 Å². The van der Waals surface area contributed by atoms with Crippen molar-refractivity contribution in [3.8, 4) is 0 Å². The predicted molar refractivity (Wildman–Crippen MR) is 122 cm³/mol. The minimum atomic E-state index is -1.20. The molecule has 1 aliphatic heterocycles. The van der Waals surface area contributed by atoms with E-state index in [4.69, 9.17) is 4.74 Å². The zero-order chi connectivity index (χ0) is 22.7. The molecule has 4 rings (SSSR count). The standard InChI is InChI=1S/C22H23BrFN5O3/c1-2-29-19-15(8-18(23)20(29)30)10-25-21(27-19)26-17-9-16(24)11-28(12-17)22(31)32-13-14-6-4-3-5-7-14/h3-8,10,16-17H,2,9,11-13H2,1H3,(H,25,26,27)/t16-,17-/m0/s1. The van der Waals surface area contributed by atoms with Crippen molar-refractivity contribution in [2.75, 3.05) is 18.4 Å². The first kappa shape index (κ1) is 22.2. The molecule has 0 saturated carbocycles. The van der Waals surface area contributed by atoms with E-state index in [1.807, 2.05) is 37.3 Å². The third-order valence-corrected chi connectivity index (χ3v) is 5.86. The minimum absolute atomic E-state index is 0.0201. The molecule has 0 unspecified atom stereocenters. The zero-order valence-corrected chi connectivity index (χ0v) is 19.1. The second kappa shape index (κ2) is 9.64. The molecule has 1 fully saturated rings. The number of anilines is 1. The monoisotopic (exact) mass is 503 g/mol. The van der Waals surface area contributed by atoms with Gasteiger partial charge in [-0.1, -0.05) is 30.3 Å². The van der Waals surface area contributed by atoms with Crippen LogP contribution >= 0.6 is 15.9 Å². The van der Waals surface area contributed by atoms with E-state index >= 15 is 0 Å². The van der Waals surface area contributed by atoms with Crippen molar-refractivity contribution in [3.63, 3.8) is 0 Å². The van der Waals surface area contributed by atoms with Crippen LogP contribution < -0.4 is 10.9 Å². The van der Waals surface area contributed by atoms with Gasteiger partial charge in [-0.25, -0.2) is 14.2 Å². The van der Waals surface area contributed by atoms with Crippen molar-refractivity contribution in [2.45, 2.75) is 38.7 Å². The van der Waals surface area contributed by atoms with Gasteiger partial charge in [0.05, 0.1) is 11.0 Å². The number of carbonyl (C=O) groups excluding carboxylic acids is 1. The first-order valence-corrected chi connectivity index (χ1v) is 11.2. The van der Waals surface area contributed by atoms with Crippen LogP contribution in [0.15, 0.2) is 51.9 Å². The number of hydrogen-bond acceptors (Lipinski definition) is 6. The number of alkyl halides is 1. The van der Waals surface area contributed by atoms with Gasteiger partial charge in [0.15, 0.2) is 0 Å². The lowest BCUT2D eigenvalue weighted by Crippen LogP contribution is -2.50. The number of nitrogens with zero attached hydrogens (tertiary/aromatic N) is 4. The Bertz CT molecular complexity index is 1170. The van der Waals surface area contributed by atoms with Crippen LogP contribution in [0, 0.1) is 0 Å². The van der Waals surface area contributed by atoms with Gasteiger partial charge < -0.3 is 15.0 Å². The number of fused-ring (bicyclic) bond motifs is 1. The van der Waals surface area contributed by atoms with Crippen molar-refractivity contribution in [1.82, 2.24) is 19.4 Å². The Hall–Kier alpha value is -3.01. The van der Waals surface area contributed by atoms with Crippen LogP contribution in [0.3, 0.4) is 0 Å². The summed E-state index contributed by atoms with van der Waals surface area (Å²) in [5, 5.41) is 3.82. The lowest BCUT2D eigenvalue weighted by atomic mass is 10.0. The molecule has 0 radical (unpaired) electrons. The van der Waals surface area contributed by atoms with Gasteiger partial charge >= 0.3 is 6.09 Å². The molecule has 1 saturated heterocycles. The number of hydrogen-bond donors (Lipinski definition) is 1. The summed E-state index contributed by atoms with van der Waals surface area (Å²) in [6.45, 7) is 2.67. The quantitative estimate of drug-likeness (QED) is 0.570. The van der Waals surface area contributed by atoms with E-state index in [0.29, 0.717) is 22.1 Å². The van der Waals surface area contributed by atoms with E-state index < -0.39 is 18.3 Å². The van der Waals surface area contributed by atoms with Crippen molar-refractivity contribution in [1.29, 1.82) is 0 Å². The second-order valence-corrected chi connectivity index (χ2v) is 8.49. The lowest BCUT2D eigenvalue weighted by molar-refractivity contribution is 0.0685. The highest BCUT2D eigenvalue weighted by molar-refractivity contribution is 9.10. The first-order valence-electron chi connectivity index (χ1n) is 10.4. The number of carbonyl (C=O) groups is 1. The molecule has 1 aromatic carbocycles. The average Bonchev–Trinajstić information content (AvgIpc) is 2.79. The third kappa shape index (κ3) is 4.90. The average molecular weight is 504 g/mol. The molecule has 2 atom stereocenters. The number of likely N-dealkylation sites (tertiary alicyclic amines) is 1. The fraction of sp³-hybridized carbons (Fsp3) is 0.364. The first-order chi connectivity index (χ1) is 15.4. The molecular formula is C22H23BrFN5O3. The van der Waals surface area contributed by atoms with Crippen LogP contribution in [0.4, 0.5) is 15.1 Å². The van der Waals surface area contributed by atoms with Crippen LogP contribution in [0.1, 0.15) is 18.9 Å². The molecule has 8 nitrogen and oxygen atoms in total. The molecule has 3 aromatic rings. The topological polar surface area (TPSA) is 89.4 Å². The Kier molecular flexibility index (Phi) is 6.69. The van der Waals surface area contributed by atoms with Crippen molar-refractivity contribution in [2.24, 2.45) is 0 Å². The molecule has 0 spiro atoms. The maximum absolute atomic E-state index is 14.4. The Morgan fingerprint density at radius 2 is 2.09 bits per heavy atom. The Labute approximate surface area is 192 Å².